The number of aromatic nitrogens is 2. The van der Waals surface area contributed by atoms with Crippen molar-refractivity contribution < 1.29 is 9.63 Å². The van der Waals surface area contributed by atoms with E-state index in [1.807, 2.05) is 13.8 Å². The highest BCUT2D eigenvalue weighted by Gasteiger charge is 2.34. The maximum Gasteiger partial charge on any atom is 0.229 e. The van der Waals surface area contributed by atoms with Crippen LogP contribution in [0.1, 0.15) is 64.1 Å². The maximum atomic E-state index is 10.5. The molecule has 1 aliphatic rings. The molecule has 96 valence electrons. The highest BCUT2D eigenvalue weighted by Crippen LogP contribution is 2.34. The van der Waals surface area contributed by atoms with Crippen LogP contribution in [0.2, 0.25) is 0 Å². The number of hydrogen-bond acceptors (Lipinski definition) is 4. The van der Waals surface area contributed by atoms with E-state index in [0.29, 0.717) is 18.2 Å². The molecule has 0 aromatic carbocycles. The highest BCUT2D eigenvalue weighted by atomic mass is 16.5. The van der Waals surface area contributed by atoms with Gasteiger partial charge in [-0.15, -0.1) is 0 Å². The Morgan fingerprint density at radius 2 is 2.29 bits per heavy atom. The molecule has 1 N–H and O–H groups in total. The van der Waals surface area contributed by atoms with E-state index in [9.17, 15) is 5.11 Å². The number of hydrogen-bond donors (Lipinski definition) is 1. The summed E-state index contributed by atoms with van der Waals surface area (Å²) in [4.78, 5) is 4.34. The molecule has 0 amide bonds. The topological polar surface area (TPSA) is 59.2 Å². The summed E-state index contributed by atoms with van der Waals surface area (Å²) in [6.45, 7) is 6.26. The van der Waals surface area contributed by atoms with E-state index < -0.39 is 5.60 Å². The van der Waals surface area contributed by atoms with E-state index >= 15 is 0 Å². The zero-order valence-corrected chi connectivity index (χ0v) is 10.9. The molecule has 0 unspecified atom stereocenters. The molecule has 0 saturated heterocycles. The van der Waals surface area contributed by atoms with Gasteiger partial charge in [-0.25, -0.2) is 0 Å². The van der Waals surface area contributed by atoms with Crippen LogP contribution in [0.15, 0.2) is 4.52 Å². The lowest BCUT2D eigenvalue weighted by atomic mass is 9.77. The van der Waals surface area contributed by atoms with Crippen molar-refractivity contribution in [3.05, 3.63) is 11.7 Å². The van der Waals surface area contributed by atoms with Gasteiger partial charge < -0.3 is 9.63 Å². The summed E-state index contributed by atoms with van der Waals surface area (Å²) in [5.74, 6) is 2.16. The van der Waals surface area contributed by atoms with Crippen LogP contribution in [0, 0.1) is 5.92 Å². The zero-order valence-electron chi connectivity index (χ0n) is 10.9. The first-order valence-electron chi connectivity index (χ1n) is 6.53. The van der Waals surface area contributed by atoms with E-state index in [-0.39, 0.29) is 5.92 Å². The van der Waals surface area contributed by atoms with Gasteiger partial charge in [-0.05, 0) is 18.8 Å². The van der Waals surface area contributed by atoms with Crippen LogP contribution in [-0.2, 0) is 6.42 Å². The smallest absolute Gasteiger partial charge is 0.229 e. The van der Waals surface area contributed by atoms with Gasteiger partial charge in [0.2, 0.25) is 5.89 Å². The lowest BCUT2D eigenvalue weighted by molar-refractivity contribution is -0.0180. The van der Waals surface area contributed by atoms with Gasteiger partial charge in [-0.3, -0.25) is 0 Å². The third kappa shape index (κ3) is 3.06. The summed E-state index contributed by atoms with van der Waals surface area (Å²) >= 11 is 0. The molecule has 4 heteroatoms. The Balaban J connectivity index is 2.03. The summed E-state index contributed by atoms with van der Waals surface area (Å²) in [5, 5.41) is 14.4. The predicted octanol–water partition coefficient (Wildman–Crippen LogP) is 2.68. The fraction of sp³-hybridized carbons (Fsp3) is 0.846. The second-order valence-electron chi connectivity index (χ2n) is 5.80. The van der Waals surface area contributed by atoms with Crippen LogP contribution < -0.4 is 0 Å². The van der Waals surface area contributed by atoms with Crippen molar-refractivity contribution in [2.24, 2.45) is 5.92 Å². The summed E-state index contributed by atoms with van der Waals surface area (Å²) in [5.41, 5.74) is -0.640. The zero-order chi connectivity index (χ0) is 12.5. The van der Waals surface area contributed by atoms with Gasteiger partial charge in [-0.2, -0.15) is 4.98 Å². The second kappa shape index (κ2) is 4.77. The van der Waals surface area contributed by atoms with Crippen molar-refractivity contribution in [2.45, 2.75) is 64.4 Å². The molecular formula is C13H22N2O2. The maximum absolute atomic E-state index is 10.5. The van der Waals surface area contributed by atoms with E-state index in [1.165, 1.54) is 6.42 Å². The van der Waals surface area contributed by atoms with Crippen LogP contribution in [0.25, 0.3) is 0 Å². The molecule has 1 aromatic heterocycles. The molecule has 0 radical (unpaired) electrons. The monoisotopic (exact) mass is 238 g/mol. The Morgan fingerprint density at radius 1 is 1.53 bits per heavy atom. The van der Waals surface area contributed by atoms with Crippen molar-refractivity contribution >= 4 is 0 Å². The first kappa shape index (κ1) is 12.6. The minimum absolute atomic E-state index is 0.271. The summed E-state index contributed by atoms with van der Waals surface area (Å²) < 4.78 is 5.21. The standard InChI is InChI=1S/C13H22N2O2/c1-9(2)12-14-11(17-15-12)8-13(16)6-4-5-10(3)7-13/h9-10,16H,4-8H2,1-3H3/t10-,13-/m0/s1. The fourth-order valence-electron chi connectivity index (χ4n) is 2.65. The normalized spacial score (nSPS) is 29.8. The van der Waals surface area contributed by atoms with Gasteiger partial charge in [0.1, 0.15) is 0 Å². The SMILES string of the molecule is CC(C)c1noc(C[C@]2(O)CCC[C@H](C)C2)n1. The lowest BCUT2D eigenvalue weighted by Gasteiger charge is -2.34. The van der Waals surface area contributed by atoms with Crippen molar-refractivity contribution in [3.8, 4) is 0 Å². The Bertz CT molecular complexity index is 375. The third-order valence-corrected chi connectivity index (χ3v) is 3.55. The van der Waals surface area contributed by atoms with Crippen LogP contribution in [-0.4, -0.2) is 20.8 Å². The van der Waals surface area contributed by atoms with Gasteiger partial charge in [-0.1, -0.05) is 38.8 Å². The first-order valence-corrected chi connectivity index (χ1v) is 6.53. The van der Waals surface area contributed by atoms with Gasteiger partial charge in [0.15, 0.2) is 5.82 Å². The van der Waals surface area contributed by atoms with Gasteiger partial charge in [0.25, 0.3) is 0 Å². The molecular weight excluding hydrogens is 216 g/mol. The van der Waals surface area contributed by atoms with Crippen LogP contribution in [0.3, 0.4) is 0 Å². The molecule has 0 bridgehead atoms. The van der Waals surface area contributed by atoms with Crippen LogP contribution >= 0.6 is 0 Å². The Hall–Kier alpha value is -0.900. The average Bonchev–Trinajstić information content (AvgIpc) is 2.64. The number of nitrogens with zero attached hydrogens (tertiary/aromatic N) is 2. The molecule has 1 aromatic rings. The molecule has 0 aliphatic heterocycles. The Kier molecular flexibility index (Phi) is 3.52. The van der Waals surface area contributed by atoms with Crippen molar-refractivity contribution in [1.29, 1.82) is 0 Å². The molecule has 1 fully saturated rings. The fourth-order valence-corrected chi connectivity index (χ4v) is 2.65. The highest BCUT2D eigenvalue weighted by molar-refractivity contribution is 4.97. The van der Waals surface area contributed by atoms with Crippen molar-refractivity contribution in [3.63, 3.8) is 0 Å². The second-order valence-corrected chi connectivity index (χ2v) is 5.80. The van der Waals surface area contributed by atoms with Crippen molar-refractivity contribution in [2.75, 3.05) is 0 Å². The minimum atomic E-state index is -0.640. The Labute approximate surface area is 102 Å². The van der Waals surface area contributed by atoms with Crippen LogP contribution in [0.5, 0.6) is 0 Å². The van der Waals surface area contributed by atoms with Crippen molar-refractivity contribution in [1.82, 2.24) is 10.1 Å². The molecule has 1 heterocycles. The molecule has 17 heavy (non-hydrogen) atoms. The summed E-state index contributed by atoms with van der Waals surface area (Å²) in [7, 11) is 0. The van der Waals surface area contributed by atoms with Gasteiger partial charge in [0.05, 0.1) is 12.0 Å². The number of rotatable bonds is 3. The molecule has 2 rings (SSSR count). The third-order valence-electron chi connectivity index (χ3n) is 3.55. The van der Waals surface area contributed by atoms with Crippen LogP contribution in [0.4, 0.5) is 0 Å². The number of aliphatic hydroxyl groups is 1. The Morgan fingerprint density at radius 3 is 2.88 bits per heavy atom. The average molecular weight is 238 g/mol. The van der Waals surface area contributed by atoms with Gasteiger partial charge >= 0.3 is 0 Å². The van der Waals surface area contributed by atoms with E-state index in [4.69, 9.17) is 4.52 Å². The minimum Gasteiger partial charge on any atom is -0.389 e. The lowest BCUT2D eigenvalue weighted by Crippen LogP contribution is -2.36. The summed E-state index contributed by atoms with van der Waals surface area (Å²) in [6.07, 6.45) is 4.48. The molecule has 2 atom stereocenters. The molecule has 0 spiro atoms. The largest absolute Gasteiger partial charge is 0.389 e. The summed E-state index contributed by atoms with van der Waals surface area (Å²) in [6, 6.07) is 0. The molecule has 1 saturated carbocycles. The van der Waals surface area contributed by atoms with E-state index in [0.717, 1.165) is 25.1 Å². The molecule has 4 nitrogen and oxygen atoms in total. The molecule has 1 aliphatic carbocycles. The van der Waals surface area contributed by atoms with E-state index in [1.54, 1.807) is 0 Å². The van der Waals surface area contributed by atoms with Gasteiger partial charge in [0, 0.05) is 5.92 Å². The predicted molar refractivity (Wildman–Crippen MR) is 64.7 cm³/mol. The van der Waals surface area contributed by atoms with E-state index in [2.05, 4.69) is 17.1 Å². The first-order chi connectivity index (χ1) is 7.98. The quantitative estimate of drug-likeness (QED) is 0.879.